The van der Waals surface area contributed by atoms with Crippen molar-refractivity contribution in [1.29, 1.82) is 0 Å². The van der Waals surface area contributed by atoms with Gasteiger partial charge in [-0.15, -0.1) is 0 Å². The van der Waals surface area contributed by atoms with Crippen molar-refractivity contribution in [2.75, 3.05) is 19.5 Å². The van der Waals surface area contributed by atoms with E-state index in [1.54, 1.807) is 6.07 Å². The van der Waals surface area contributed by atoms with E-state index in [4.69, 9.17) is 4.74 Å². The van der Waals surface area contributed by atoms with Crippen molar-refractivity contribution in [3.63, 3.8) is 0 Å². The van der Waals surface area contributed by atoms with Crippen LogP contribution in [0.4, 0.5) is 10.1 Å². The van der Waals surface area contributed by atoms with Crippen LogP contribution in [0.25, 0.3) is 0 Å². The second-order valence-electron chi connectivity index (χ2n) is 4.87. The van der Waals surface area contributed by atoms with Gasteiger partial charge in [0, 0.05) is 0 Å². The van der Waals surface area contributed by atoms with Gasteiger partial charge in [0.05, 0.1) is 26.4 Å². The number of carbonyl (C=O) groups is 2. The fourth-order valence-corrected chi connectivity index (χ4v) is 1.93. The lowest BCUT2D eigenvalue weighted by Crippen LogP contribution is -2.19. The molecule has 0 unspecified atom stereocenters. The number of hydrogen-bond donors (Lipinski definition) is 1. The number of halogens is 1. The Labute approximate surface area is 140 Å². The molecule has 132 valence electrons. The minimum atomic E-state index is -0.836. The summed E-state index contributed by atoms with van der Waals surface area (Å²) in [6, 6.07) is 4.30. The molecule has 0 radical (unpaired) electrons. The Kier molecular flexibility index (Phi) is 7.74. The van der Waals surface area contributed by atoms with Crippen LogP contribution >= 0.6 is 0 Å². The van der Waals surface area contributed by atoms with E-state index in [-0.39, 0.29) is 23.2 Å². The summed E-state index contributed by atoms with van der Waals surface area (Å²) in [5.41, 5.74) is -0.311. The summed E-state index contributed by atoms with van der Waals surface area (Å²) in [7, 11) is 2.32. The highest BCUT2D eigenvalue weighted by atomic mass is 19.1. The van der Waals surface area contributed by atoms with Gasteiger partial charge in [-0.1, -0.05) is 19.9 Å². The van der Waals surface area contributed by atoms with E-state index < -0.39 is 17.8 Å². The van der Waals surface area contributed by atoms with E-state index in [0.29, 0.717) is 0 Å². The van der Waals surface area contributed by atoms with Crippen molar-refractivity contribution in [3.05, 3.63) is 35.8 Å². The Morgan fingerprint density at radius 2 is 1.88 bits per heavy atom. The first-order valence-corrected chi connectivity index (χ1v) is 7.56. The molecule has 0 saturated heterocycles. The summed E-state index contributed by atoms with van der Waals surface area (Å²) in [5, 5.41) is 2.57. The molecule has 0 atom stereocenters. The number of ether oxygens (including phenoxy) is 3. The van der Waals surface area contributed by atoms with Gasteiger partial charge in [0.25, 0.3) is 0 Å². The molecule has 0 aromatic heterocycles. The number of carbonyl (C=O) groups excluding carboxylic acids is 2. The highest BCUT2D eigenvalue weighted by Crippen LogP contribution is 2.30. The number of anilines is 1. The predicted molar refractivity (Wildman–Crippen MR) is 87.1 cm³/mol. The maximum absolute atomic E-state index is 14.2. The van der Waals surface area contributed by atoms with Gasteiger partial charge in [-0.25, -0.2) is 14.0 Å². The van der Waals surface area contributed by atoms with Crippen molar-refractivity contribution in [2.45, 2.75) is 32.8 Å². The number of hydrogen-bond acceptors (Lipinski definition) is 6. The van der Waals surface area contributed by atoms with Crippen molar-refractivity contribution in [3.8, 4) is 5.75 Å². The summed E-state index contributed by atoms with van der Waals surface area (Å²) >= 11 is 0. The van der Waals surface area contributed by atoms with Gasteiger partial charge in [0.2, 0.25) is 0 Å². The summed E-state index contributed by atoms with van der Waals surface area (Å²) in [6.07, 6.45) is 2.28. The molecular formula is C17H22FNO5. The van der Waals surface area contributed by atoms with Crippen LogP contribution in [0.15, 0.2) is 30.0 Å². The molecule has 0 heterocycles. The fraction of sp³-hybridized carbons (Fsp3) is 0.412. The molecule has 1 N–H and O–H groups in total. The maximum Gasteiger partial charge on any atom is 0.354 e. The Morgan fingerprint density at radius 3 is 2.42 bits per heavy atom. The van der Waals surface area contributed by atoms with E-state index >= 15 is 0 Å². The van der Waals surface area contributed by atoms with E-state index in [9.17, 15) is 14.0 Å². The molecule has 0 amide bonds. The molecule has 1 aromatic rings. The normalized spacial score (nSPS) is 11.2. The third-order valence-corrected chi connectivity index (χ3v) is 3.31. The smallest absolute Gasteiger partial charge is 0.354 e. The average molecular weight is 339 g/mol. The molecule has 0 fully saturated rings. The van der Waals surface area contributed by atoms with Crippen LogP contribution < -0.4 is 10.1 Å². The highest BCUT2D eigenvalue weighted by Gasteiger charge is 2.19. The zero-order valence-electron chi connectivity index (χ0n) is 14.2. The quantitative estimate of drug-likeness (QED) is 0.580. The molecule has 1 rings (SSSR count). The van der Waals surface area contributed by atoms with Crippen LogP contribution in [0.3, 0.4) is 0 Å². The lowest BCUT2D eigenvalue weighted by atomic mass is 10.2. The second kappa shape index (κ2) is 9.54. The Hall–Kier alpha value is -2.57. The molecule has 24 heavy (non-hydrogen) atoms. The van der Waals surface area contributed by atoms with Crippen molar-refractivity contribution < 1.29 is 28.2 Å². The van der Waals surface area contributed by atoms with Gasteiger partial charge < -0.3 is 19.5 Å². The molecule has 7 heteroatoms. The molecule has 0 spiro atoms. The molecule has 0 aliphatic carbocycles. The van der Waals surface area contributed by atoms with Gasteiger partial charge in [-0.2, -0.15) is 0 Å². The number of rotatable bonds is 8. The molecule has 0 bridgehead atoms. The lowest BCUT2D eigenvalue weighted by Gasteiger charge is -2.19. The zero-order chi connectivity index (χ0) is 18.1. The number of para-hydroxylation sites is 1. The molecule has 0 saturated carbocycles. The first-order valence-electron chi connectivity index (χ1n) is 7.56. The van der Waals surface area contributed by atoms with Gasteiger partial charge >= 0.3 is 11.9 Å². The largest absolute Gasteiger partial charge is 0.488 e. The lowest BCUT2D eigenvalue weighted by molar-refractivity contribution is -0.138. The van der Waals surface area contributed by atoms with Crippen LogP contribution in [0.1, 0.15) is 26.7 Å². The summed E-state index contributed by atoms with van der Waals surface area (Å²) in [6.45, 7) is 3.91. The predicted octanol–water partition coefficient (Wildman–Crippen LogP) is 3.03. The number of nitrogens with one attached hydrogen (secondary N) is 1. The molecule has 6 nitrogen and oxygen atoms in total. The second-order valence-corrected chi connectivity index (χ2v) is 4.87. The maximum atomic E-state index is 14.2. The number of methoxy groups -OCH3 is 2. The molecule has 0 aliphatic heterocycles. The van der Waals surface area contributed by atoms with E-state index in [1.165, 1.54) is 19.2 Å². The van der Waals surface area contributed by atoms with Crippen LogP contribution in [-0.2, 0) is 19.1 Å². The minimum Gasteiger partial charge on any atom is -0.488 e. The van der Waals surface area contributed by atoms with Gasteiger partial charge in [0.15, 0.2) is 0 Å². The highest BCUT2D eigenvalue weighted by molar-refractivity contribution is 5.99. The van der Waals surface area contributed by atoms with Crippen molar-refractivity contribution in [1.82, 2.24) is 0 Å². The third-order valence-electron chi connectivity index (χ3n) is 3.31. The zero-order valence-corrected chi connectivity index (χ0v) is 14.2. The van der Waals surface area contributed by atoms with Gasteiger partial charge in [0.1, 0.15) is 23.0 Å². The SMILES string of the molecule is CCC(CC)Oc1cccc(F)c1N/C(=C/C(=O)OC)C(=O)OC. The summed E-state index contributed by atoms with van der Waals surface area (Å²) < 4.78 is 29.1. The van der Waals surface area contributed by atoms with E-state index in [1.807, 2.05) is 13.8 Å². The van der Waals surface area contributed by atoms with E-state index in [0.717, 1.165) is 26.0 Å². The standard InChI is InChI=1S/C17H22FNO5/c1-5-11(6-2)24-14-9-7-8-12(18)16(14)19-13(17(21)23-4)10-15(20)22-3/h7-11,19H,5-6H2,1-4H3/b13-10+. The Balaban J connectivity index is 3.21. The van der Waals surface area contributed by atoms with Crippen LogP contribution in [0.2, 0.25) is 0 Å². The van der Waals surface area contributed by atoms with Crippen LogP contribution in [-0.4, -0.2) is 32.3 Å². The molecule has 0 aliphatic rings. The number of benzene rings is 1. The number of esters is 2. The van der Waals surface area contributed by atoms with Gasteiger partial charge in [-0.05, 0) is 25.0 Å². The Morgan fingerprint density at radius 1 is 1.21 bits per heavy atom. The third kappa shape index (κ3) is 5.26. The average Bonchev–Trinajstić information content (AvgIpc) is 2.60. The monoisotopic (exact) mass is 339 g/mol. The van der Waals surface area contributed by atoms with Crippen LogP contribution in [0, 0.1) is 5.82 Å². The van der Waals surface area contributed by atoms with Crippen molar-refractivity contribution in [2.24, 2.45) is 0 Å². The molecular weight excluding hydrogens is 317 g/mol. The Bertz CT molecular complexity index is 611. The van der Waals surface area contributed by atoms with Crippen LogP contribution in [0.5, 0.6) is 5.75 Å². The van der Waals surface area contributed by atoms with Crippen molar-refractivity contribution >= 4 is 17.6 Å². The minimum absolute atomic E-state index is 0.0510. The first kappa shape index (κ1) is 19.5. The fourth-order valence-electron chi connectivity index (χ4n) is 1.93. The summed E-state index contributed by atoms with van der Waals surface area (Å²) in [4.78, 5) is 23.2. The first-order chi connectivity index (χ1) is 11.5. The molecule has 1 aromatic carbocycles. The van der Waals surface area contributed by atoms with E-state index in [2.05, 4.69) is 14.8 Å². The van der Waals surface area contributed by atoms with Gasteiger partial charge in [-0.3, -0.25) is 0 Å². The topological polar surface area (TPSA) is 73.9 Å². The summed E-state index contributed by atoms with van der Waals surface area (Å²) in [5.74, 6) is -2.00.